The third-order valence-corrected chi connectivity index (χ3v) is 7.10. The van der Waals surface area contributed by atoms with Crippen LogP contribution in [0.15, 0.2) is 14.1 Å². The molecule has 19 heavy (non-hydrogen) atoms. The van der Waals surface area contributed by atoms with Gasteiger partial charge in [-0.05, 0) is 34.5 Å². The Hall–Kier alpha value is -0.440. The fraction of sp³-hybridized carbons (Fsp3) is 0.545. The van der Waals surface area contributed by atoms with Gasteiger partial charge in [-0.15, -0.1) is 11.3 Å². The Balaban J connectivity index is 3.06. The number of sulfonamides is 1. The largest absolute Gasteiger partial charge is 0.348 e. The number of amides is 1. The van der Waals surface area contributed by atoms with E-state index in [0.29, 0.717) is 0 Å². The van der Waals surface area contributed by atoms with Crippen molar-refractivity contribution in [2.75, 3.05) is 27.2 Å². The second-order valence-electron chi connectivity index (χ2n) is 4.24. The number of hydrogen-bond donors (Lipinski definition) is 0. The number of aryl methyl sites for hydroxylation is 1. The van der Waals surface area contributed by atoms with Crippen LogP contribution >= 0.6 is 27.3 Å². The Labute approximate surface area is 126 Å². The summed E-state index contributed by atoms with van der Waals surface area (Å²) in [6.45, 7) is 3.67. The van der Waals surface area contributed by atoms with Crippen LogP contribution in [0.25, 0.3) is 0 Å². The molecule has 1 aromatic heterocycles. The fourth-order valence-electron chi connectivity index (χ4n) is 1.35. The highest BCUT2D eigenvalue weighted by Crippen LogP contribution is 2.32. The van der Waals surface area contributed by atoms with Crippen molar-refractivity contribution in [1.82, 2.24) is 9.21 Å². The van der Waals surface area contributed by atoms with E-state index in [-0.39, 0.29) is 23.2 Å². The van der Waals surface area contributed by atoms with Crippen molar-refractivity contribution in [3.8, 4) is 0 Å². The zero-order valence-electron chi connectivity index (χ0n) is 11.3. The average molecular weight is 369 g/mol. The number of halogens is 1. The molecule has 0 saturated carbocycles. The molecular formula is C11H17BrN2O3S2. The summed E-state index contributed by atoms with van der Waals surface area (Å²) in [5, 5.41) is 0. The topological polar surface area (TPSA) is 57.7 Å². The average Bonchev–Trinajstić information content (AvgIpc) is 2.66. The maximum atomic E-state index is 12.4. The van der Waals surface area contributed by atoms with Crippen molar-refractivity contribution in [1.29, 1.82) is 0 Å². The van der Waals surface area contributed by atoms with Crippen LogP contribution in [0.1, 0.15) is 12.5 Å². The maximum absolute atomic E-state index is 12.4. The van der Waals surface area contributed by atoms with Gasteiger partial charge in [-0.25, -0.2) is 8.42 Å². The van der Waals surface area contributed by atoms with Crippen molar-refractivity contribution in [2.24, 2.45) is 0 Å². The number of thiophene rings is 1. The highest BCUT2D eigenvalue weighted by molar-refractivity contribution is 9.11. The van der Waals surface area contributed by atoms with E-state index in [1.54, 1.807) is 27.1 Å². The van der Waals surface area contributed by atoms with Crippen LogP contribution < -0.4 is 0 Å². The molecule has 1 rings (SSSR count). The van der Waals surface area contributed by atoms with Crippen LogP contribution in [0.5, 0.6) is 0 Å². The Morgan fingerprint density at radius 1 is 1.42 bits per heavy atom. The number of likely N-dealkylation sites (N-methyl/N-ethyl adjacent to an activating group) is 2. The van der Waals surface area contributed by atoms with Crippen molar-refractivity contribution in [2.45, 2.75) is 18.1 Å². The normalized spacial score (nSPS) is 11.9. The van der Waals surface area contributed by atoms with Crippen LogP contribution in [0.2, 0.25) is 0 Å². The molecule has 5 nitrogen and oxygen atoms in total. The second kappa shape index (κ2) is 6.34. The lowest BCUT2D eigenvalue weighted by Gasteiger charge is -2.20. The third-order valence-electron chi connectivity index (χ3n) is 2.59. The molecule has 0 saturated heterocycles. The molecular weight excluding hydrogens is 352 g/mol. The molecule has 8 heteroatoms. The molecule has 0 radical (unpaired) electrons. The summed E-state index contributed by atoms with van der Waals surface area (Å²) in [7, 11) is -0.395. The zero-order valence-corrected chi connectivity index (χ0v) is 14.5. The van der Waals surface area contributed by atoms with E-state index in [1.165, 1.54) is 9.21 Å². The second-order valence-corrected chi connectivity index (χ2v) is 8.78. The van der Waals surface area contributed by atoms with E-state index in [0.717, 1.165) is 20.7 Å². The van der Waals surface area contributed by atoms with Crippen molar-refractivity contribution < 1.29 is 13.2 Å². The zero-order chi connectivity index (χ0) is 14.8. The maximum Gasteiger partial charge on any atom is 0.253 e. The highest BCUT2D eigenvalue weighted by atomic mass is 79.9. The minimum absolute atomic E-state index is 0.138. The Bertz CT molecular complexity index is 547. The smallest absolute Gasteiger partial charge is 0.253 e. The lowest BCUT2D eigenvalue weighted by Crippen LogP contribution is -2.39. The van der Waals surface area contributed by atoms with Gasteiger partial charge in [-0.2, -0.15) is 4.31 Å². The summed E-state index contributed by atoms with van der Waals surface area (Å²) in [5.74, 6) is -0.238. The van der Waals surface area contributed by atoms with Crippen LogP contribution in [0.3, 0.4) is 0 Å². The molecule has 1 amide bonds. The first kappa shape index (κ1) is 16.6. The predicted octanol–water partition coefficient (Wildman–Crippen LogP) is 1.92. The molecule has 0 N–H and O–H groups in total. The van der Waals surface area contributed by atoms with Crippen molar-refractivity contribution in [3.63, 3.8) is 0 Å². The summed E-state index contributed by atoms with van der Waals surface area (Å²) in [5.41, 5.74) is 0.874. The van der Waals surface area contributed by atoms with Crippen LogP contribution in [-0.2, 0) is 14.8 Å². The van der Waals surface area contributed by atoms with Gasteiger partial charge in [-0.1, -0.05) is 6.92 Å². The quantitative estimate of drug-likeness (QED) is 0.797. The van der Waals surface area contributed by atoms with Gasteiger partial charge in [0.25, 0.3) is 10.0 Å². The molecule has 0 bridgehead atoms. The van der Waals surface area contributed by atoms with Gasteiger partial charge in [0.15, 0.2) is 0 Å². The Morgan fingerprint density at radius 2 is 2.00 bits per heavy atom. The number of carbonyl (C=O) groups excluding carboxylic acids is 1. The molecule has 0 aliphatic rings. The molecule has 0 unspecified atom stereocenters. The minimum Gasteiger partial charge on any atom is -0.348 e. The van der Waals surface area contributed by atoms with Crippen LogP contribution in [-0.4, -0.2) is 50.7 Å². The summed E-state index contributed by atoms with van der Waals surface area (Å²) >= 11 is 4.48. The number of carbonyl (C=O) groups is 1. The summed E-state index contributed by atoms with van der Waals surface area (Å²) < 4.78 is 27.1. The first-order valence-electron chi connectivity index (χ1n) is 5.66. The summed E-state index contributed by atoms with van der Waals surface area (Å²) in [6.07, 6.45) is 0. The van der Waals surface area contributed by atoms with Gasteiger partial charge in [-0.3, -0.25) is 4.79 Å². The monoisotopic (exact) mass is 368 g/mol. The number of hydrogen-bond acceptors (Lipinski definition) is 4. The standard InChI is InChI=1S/C11H17BrN2O3S2/c1-5-14(7-9(15)13(3)4)19(16,17)10-6-8(2)11(12)18-10/h6H,5,7H2,1-4H3. The molecule has 0 aliphatic carbocycles. The molecule has 0 atom stereocenters. The van der Waals surface area contributed by atoms with Crippen molar-refractivity contribution >= 4 is 43.2 Å². The van der Waals surface area contributed by atoms with E-state index in [4.69, 9.17) is 0 Å². The Kier molecular flexibility index (Phi) is 5.54. The highest BCUT2D eigenvalue weighted by Gasteiger charge is 2.27. The molecule has 1 aromatic rings. The van der Waals surface area contributed by atoms with Gasteiger partial charge in [0.1, 0.15) is 4.21 Å². The lowest BCUT2D eigenvalue weighted by atomic mass is 10.4. The molecule has 0 fully saturated rings. The van der Waals surface area contributed by atoms with Crippen molar-refractivity contribution in [3.05, 3.63) is 15.4 Å². The first-order valence-corrected chi connectivity index (χ1v) is 8.71. The molecule has 108 valence electrons. The predicted molar refractivity (Wildman–Crippen MR) is 79.9 cm³/mol. The van der Waals surface area contributed by atoms with Gasteiger partial charge in [0, 0.05) is 20.6 Å². The van der Waals surface area contributed by atoms with Gasteiger partial charge < -0.3 is 4.90 Å². The van der Waals surface area contributed by atoms with E-state index in [2.05, 4.69) is 15.9 Å². The Morgan fingerprint density at radius 3 is 2.37 bits per heavy atom. The number of rotatable bonds is 5. The number of nitrogens with zero attached hydrogens (tertiary/aromatic N) is 2. The van der Waals surface area contributed by atoms with E-state index in [1.807, 2.05) is 6.92 Å². The molecule has 0 aliphatic heterocycles. The minimum atomic E-state index is -3.61. The molecule has 0 spiro atoms. The summed E-state index contributed by atoms with van der Waals surface area (Å²) in [4.78, 5) is 13.1. The van der Waals surface area contributed by atoms with Crippen LogP contribution in [0.4, 0.5) is 0 Å². The summed E-state index contributed by atoms with van der Waals surface area (Å²) in [6, 6.07) is 1.62. The van der Waals surface area contributed by atoms with Gasteiger partial charge in [0.05, 0.1) is 10.3 Å². The first-order chi connectivity index (χ1) is 8.70. The van der Waals surface area contributed by atoms with Gasteiger partial charge in [0.2, 0.25) is 5.91 Å². The van der Waals surface area contributed by atoms with E-state index < -0.39 is 10.0 Å². The molecule has 1 heterocycles. The molecule has 0 aromatic carbocycles. The van der Waals surface area contributed by atoms with Crippen LogP contribution in [0, 0.1) is 6.92 Å². The van der Waals surface area contributed by atoms with E-state index >= 15 is 0 Å². The SMILES string of the molecule is CCN(CC(=O)N(C)C)S(=O)(=O)c1cc(C)c(Br)s1. The van der Waals surface area contributed by atoms with E-state index in [9.17, 15) is 13.2 Å². The lowest BCUT2D eigenvalue weighted by molar-refractivity contribution is -0.128. The fourth-order valence-corrected chi connectivity index (χ4v) is 5.12. The third kappa shape index (κ3) is 3.77. The van der Waals surface area contributed by atoms with Gasteiger partial charge >= 0.3 is 0 Å².